The third-order valence-corrected chi connectivity index (χ3v) is 4.47. The second-order valence-corrected chi connectivity index (χ2v) is 6.47. The number of methoxy groups -OCH3 is 2. The summed E-state index contributed by atoms with van der Waals surface area (Å²) in [5, 5.41) is 8.24. The number of halogens is 2. The van der Waals surface area contributed by atoms with Crippen LogP contribution in [0.25, 0.3) is 0 Å². The van der Waals surface area contributed by atoms with E-state index in [0.29, 0.717) is 39.5 Å². The van der Waals surface area contributed by atoms with Crippen LogP contribution in [0.4, 0.5) is 5.82 Å². The van der Waals surface area contributed by atoms with Gasteiger partial charge in [-0.3, -0.25) is 9.48 Å². The number of rotatable bonds is 6. The maximum absolute atomic E-state index is 12.7. The van der Waals surface area contributed by atoms with E-state index in [0.717, 1.165) is 5.56 Å². The van der Waals surface area contributed by atoms with E-state index in [1.54, 1.807) is 47.3 Å². The molecule has 0 saturated heterocycles. The molecule has 8 heteroatoms. The van der Waals surface area contributed by atoms with Crippen molar-refractivity contribution >= 4 is 34.9 Å². The topological polar surface area (TPSA) is 65.4 Å². The molecule has 3 rings (SSSR count). The van der Waals surface area contributed by atoms with Gasteiger partial charge in [-0.15, -0.1) is 0 Å². The molecule has 1 amide bonds. The number of nitrogens with zero attached hydrogens (tertiary/aromatic N) is 2. The molecule has 27 heavy (non-hydrogen) atoms. The van der Waals surface area contributed by atoms with Crippen LogP contribution in [0.1, 0.15) is 15.9 Å². The standard InChI is InChI=1S/C19H17Cl2N3O3/c1-26-15-4-3-5-16(27-2)18(15)19(25)22-17-8-9-24(23-17)11-12-6-7-13(20)10-14(12)21/h3-10H,11H2,1-2H3,(H,22,23,25). The molecule has 0 aliphatic heterocycles. The minimum atomic E-state index is -0.376. The molecular formula is C19H17Cl2N3O3. The highest BCUT2D eigenvalue weighted by atomic mass is 35.5. The summed E-state index contributed by atoms with van der Waals surface area (Å²) in [5.41, 5.74) is 1.17. The Hall–Kier alpha value is -2.70. The first-order chi connectivity index (χ1) is 13.0. The first kappa shape index (κ1) is 19.1. The van der Waals surface area contributed by atoms with Crippen LogP contribution in [0.5, 0.6) is 11.5 Å². The lowest BCUT2D eigenvalue weighted by molar-refractivity contribution is 0.102. The number of carbonyl (C=O) groups excluding carboxylic acids is 1. The zero-order valence-corrected chi connectivity index (χ0v) is 16.2. The van der Waals surface area contributed by atoms with Crippen molar-refractivity contribution in [3.05, 3.63) is 69.8 Å². The smallest absolute Gasteiger partial charge is 0.264 e. The van der Waals surface area contributed by atoms with E-state index in [9.17, 15) is 4.79 Å². The summed E-state index contributed by atoms with van der Waals surface area (Å²) in [5.74, 6) is 0.857. The second kappa shape index (κ2) is 8.33. The average molecular weight is 406 g/mol. The Morgan fingerprint density at radius 2 is 1.81 bits per heavy atom. The third kappa shape index (κ3) is 4.35. The number of aromatic nitrogens is 2. The van der Waals surface area contributed by atoms with Crippen LogP contribution in [0.2, 0.25) is 10.0 Å². The summed E-state index contributed by atoms with van der Waals surface area (Å²) in [6.45, 7) is 0.448. The number of amides is 1. The van der Waals surface area contributed by atoms with Gasteiger partial charge in [-0.2, -0.15) is 5.10 Å². The zero-order chi connectivity index (χ0) is 19.4. The van der Waals surface area contributed by atoms with Gasteiger partial charge in [0.1, 0.15) is 17.1 Å². The fourth-order valence-electron chi connectivity index (χ4n) is 2.59. The zero-order valence-electron chi connectivity index (χ0n) is 14.7. The number of carbonyl (C=O) groups is 1. The van der Waals surface area contributed by atoms with Crippen LogP contribution in [0.3, 0.4) is 0 Å². The van der Waals surface area contributed by atoms with Crippen molar-refractivity contribution in [2.24, 2.45) is 0 Å². The Morgan fingerprint density at radius 1 is 1.11 bits per heavy atom. The van der Waals surface area contributed by atoms with Gasteiger partial charge in [-0.25, -0.2) is 0 Å². The number of hydrogen-bond acceptors (Lipinski definition) is 4. The lowest BCUT2D eigenvalue weighted by atomic mass is 10.1. The summed E-state index contributed by atoms with van der Waals surface area (Å²) in [6.07, 6.45) is 1.75. The second-order valence-electron chi connectivity index (χ2n) is 5.63. The van der Waals surface area contributed by atoms with E-state index in [-0.39, 0.29) is 5.91 Å². The molecule has 0 atom stereocenters. The summed E-state index contributed by atoms with van der Waals surface area (Å²) >= 11 is 12.1. The highest BCUT2D eigenvalue weighted by Crippen LogP contribution is 2.29. The normalized spacial score (nSPS) is 10.5. The fraction of sp³-hybridized carbons (Fsp3) is 0.158. The van der Waals surface area contributed by atoms with Crippen LogP contribution in [-0.2, 0) is 6.54 Å². The van der Waals surface area contributed by atoms with E-state index in [1.165, 1.54) is 14.2 Å². The summed E-state index contributed by atoms with van der Waals surface area (Å²) in [6, 6.07) is 12.1. The lowest BCUT2D eigenvalue weighted by Gasteiger charge is -2.12. The SMILES string of the molecule is COc1cccc(OC)c1C(=O)Nc1ccn(Cc2ccc(Cl)cc2Cl)n1. The molecule has 2 aromatic carbocycles. The molecule has 6 nitrogen and oxygen atoms in total. The molecule has 0 aliphatic carbocycles. The molecule has 0 aliphatic rings. The van der Waals surface area contributed by atoms with Crippen LogP contribution in [0.15, 0.2) is 48.7 Å². The molecule has 140 valence electrons. The van der Waals surface area contributed by atoms with Crippen molar-refractivity contribution in [1.82, 2.24) is 9.78 Å². The van der Waals surface area contributed by atoms with Crippen molar-refractivity contribution < 1.29 is 14.3 Å². The molecule has 0 unspecified atom stereocenters. The minimum Gasteiger partial charge on any atom is -0.496 e. The van der Waals surface area contributed by atoms with Gasteiger partial charge >= 0.3 is 0 Å². The average Bonchev–Trinajstić information content (AvgIpc) is 3.10. The number of benzene rings is 2. The molecule has 3 aromatic rings. The Bertz CT molecular complexity index is 950. The monoisotopic (exact) mass is 405 g/mol. The van der Waals surface area contributed by atoms with E-state index < -0.39 is 0 Å². The summed E-state index contributed by atoms with van der Waals surface area (Å²) in [7, 11) is 2.99. The Balaban J connectivity index is 1.77. The first-order valence-electron chi connectivity index (χ1n) is 8.01. The van der Waals surface area contributed by atoms with Gasteiger partial charge < -0.3 is 14.8 Å². The number of ether oxygens (including phenoxy) is 2. The molecular weight excluding hydrogens is 389 g/mol. The van der Waals surface area contributed by atoms with Gasteiger partial charge in [0.2, 0.25) is 0 Å². The Morgan fingerprint density at radius 3 is 2.44 bits per heavy atom. The highest BCUT2D eigenvalue weighted by molar-refractivity contribution is 6.35. The van der Waals surface area contributed by atoms with Gasteiger partial charge in [-0.1, -0.05) is 35.3 Å². The predicted octanol–water partition coefficient (Wildman–Crippen LogP) is 4.51. The van der Waals surface area contributed by atoms with E-state index in [1.807, 2.05) is 6.07 Å². The lowest BCUT2D eigenvalue weighted by Crippen LogP contribution is -2.15. The molecule has 1 aromatic heterocycles. The molecule has 0 saturated carbocycles. The van der Waals surface area contributed by atoms with Crippen molar-refractivity contribution in [2.45, 2.75) is 6.54 Å². The fourth-order valence-corrected chi connectivity index (χ4v) is 3.06. The molecule has 1 N–H and O–H groups in total. The van der Waals surface area contributed by atoms with E-state index in [2.05, 4.69) is 10.4 Å². The maximum Gasteiger partial charge on any atom is 0.264 e. The van der Waals surface area contributed by atoms with Crippen molar-refractivity contribution in [3.63, 3.8) is 0 Å². The van der Waals surface area contributed by atoms with Gasteiger partial charge in [0, 0.05) is 22.3 Å². The third-order valence-electron chi connectivity index (χ3n) is 3.88. The van der Waals surface area contributed by atoms with Gasteiger partial charge in [0.25, 0.3) is 5.91 Å². The number of anilines is 1. The number of hydrogen-bond donors (Lipinski definition) is 1. The van der Waals surface area contributed by atoms with Crippen molar-refractivity contribution in [1.29, 1.82) is 0 Å². The molecule has 0 spiro atoms. The minimum absolute atomic E-state index is 0.304. The molecule has 0 bridgehead atoms. The molecule has 0 fully saturated rings. The Labute approximate surface area is 166 Å². The quantitative estimate of drug-likeness (QED) is 0.655. The van der Waals surface area contributed by atoms with Gasteiger partial charge in [0.05, 0.1) is 20.8 Å². The maximum atomic E-state index is 12.7. The Kier molecular flexibility index (Phi) is 5.88. The van der Waals surface area contributed by atoms with Crippen molar-refractivity contribution in [3.8, 4) is 11.5 Å². The van der Waals surface area contributed by atoms with E-state index >= 15 is 0 Å². The largest absolute Gasteiger partial charge is 0.496 e. The molecule has 1 heterocycles. The summed E-state index contributed by atoms with van der Waals surface area (Å²) < 4.78 is 12.2. The number of nitrogens with one attached hydrogen (secondary N) is 1. The van der Waals surface area contributed by atoms with Crippen molar-refractivity contribution in [2.75, 3.05) is 19.5 Å². The van der Waals surface area contributed by atoms with Crippen LogP contribution in [-0.4, -0.2) is 29.9 Å². The van der Waals surface area contributed by atoms with Crippen LogP contribution < -0.4 is 14.8 Å². The molecule has 0 radical (unpaired) electrons. The summed E-state index contributed by atoms with van der Waals surface area (Å²) in [4.78, 5) is 12.7. The van der Waals surface area contributed by atoms with Crippen LogP contribution >= 0.6 is 23.2 Å². The first-order valence-corrected chi connectivity index (χ1v) is 8.77. The highest BCUT2D eigenvalue weighted by Gasteiger charge is 2.19. The van der Waals surface area contributed by atoms with Gasteiger partial charge in [-0.05, 0) is 29.8 Å². The predicted molar refractivity (Wildman–Crippen MR) is 105 cm³/mol. The van der Waals surface area contributed by atoms with E-state index in [4.69, 9.17) is 32.7 Å². The van der Waals surface area contributed by atoms with Crippen LogP contribution in [0, 0.1) is 0 Å². The van der Waals surface area contributed by atoms with Gasteiger partial charge in [0.15, 0.2) is 5.82 Å².